The van der Waals surface area contributed by atoms with E-state index in [9.17, 15) is 0 Å². The van der Waals surface area contributed by atoms with E-state index in [4.69, 9.17) is 4.98 Å². The summed E-state index contributed by atoms with van der Waals surface area (Å²) in [6.07, 6.45) is 2.84. The summed E-state index contributed by atoms with van der Waals surface area (Å²) in [5, 5.41) is 8.51. The number of rotatable bonds is 3. The Kier molecular flexibility index (Phi) is 4.30. The summed E-state index contributed by atoms with van der Waals surface area (Å²) in [5.41, 5.74) is 2.81. The van der Waals surface area contributed by atoms with Crippen LogP contribution in [-0.4, -0.2) is 59.3 Å². The van der Waals surface area contributed by atoms with E-state index in [1.54, 1.807) is 6.20 Å². The Morgan fingerprint density at radius 3 is 2.54 bits per heavy atom. The lowest BCUT2D eigenvalue weighted by atomic mass is 10.0. The zero-order valence-electron chi connectivity index (χ0n) is 14.2. The molecule has 6 heteroatoms. The molecule has 6 nitrogen and oxygen atoms in total. The lowest BCUT2D eigenvalue weighted by molar-refractivity contribution is 0.270. The highest BCUT2D eigenvalue weighted by atomic mass is 15.4. The van der Waals surface area contributed by atoms with Crippen LogP contribution in [0.5, 0.6) is 0 Å². The zero-order chi connectivity index (χ0) is 16.4. The normalized spacial score (nSPS) is 18.5. The van der Waals surface area contributed by atoms with Crippen molar-refractivity contribution in [2.75, 3.05) is 49.1 Å². The van der Waals surface area contributed by atoms with Gasteiger partial charge < -0.3 is 14.7 Å². The standard InChI is InChI=1S/C18H24N6/c1-2-22-9-11-23(12-10-22)17-13-19-21-18(20-17)24-8-7-15-5-3-4-6-16(15)14-24/h3-6,13H,2,7-12,14H2,1H3. The minimum atomic E-state index is 0.750. The molecule has 1 aromatic heterocycles. The molecule has 0 amide bonds. The van der Waals surface area contributed by atoms with Crippen LogP contribution >= 0.6 is 0 Å². The topological polar surface area (TPSA) is 48.4 Å². The van der Waals surface area contributed by atoms with Crippen molar-refractivity contribution < 1.29 is 0 Å². The van der Waals surface area contributed by atoms with Crippen LogP contribution in [0.25, 0.3) is 0 Å². The van der Waals surface area contributed by atoms with Crippen LogP contribution in [0, 0.1) is 0 Å². The Balaban J connectivity index is 1.49. The Labute approximate surface area is 143 Å². The number of hydrogen-bond donors (Lipinski definition) is 0. The Morgan fingerprint density at radius 2 is 1.75 bits per heavy atom. The number of piperazine rings is 1. The second-order valence-electron chi connectivity index (χ2n) is 6.48. The third-order valence-electron chi connectivity index (χ3n) is 5.09. The predicted molar refractivity (Wildman–Crippen MR) is 95.4 cm³/mol. The van der Waals surface area contributed by atoms with Crippen LogP contribution in [-0.2, 0) is 13.0 Å². The highest BCUT2D eigenvalue weighted by molar-refractivity contribution is 5.44. The third kappa shape index (κ3) is 3.06. The lowest BCUT2D eigenvalue weighted by Crippen LogP contribution is -2.46. The average molecular weight is 324 g/mol. The summed E-state index contributed by atoms with van der Waals surface area (Å²) < 4.78 is 0. The quantitative estimate of drug-likeness (QED) is 0.854. The molecule has 4 rings (SSSR count). The zero-order valence-corrected chi connectivity index (χ0v) is 14.2. The van der Waals surface area contributed by atoms with Crippen molar-refractivity contribution in [3.63, 3.8) is 0 Å². The molecule has 1 aromatic carbocycles. The summed E-state index contributed by atoms with van der Waals surface area (Å²) in [6, 6.07) is 8.63. The molecule has 126 valence electrons. The van der Waals surface area contributed by atoms with Gasteiger partial charge in [-0.25, -0.2) is 0 Å². The van der Waals surface area contributed by atoms with Crippen molar-refractivity contribution in [2.45, 2.75) is 19.9 Å². The smallest absolute Gasteiger partial charge is 0.247 e. The molecular weight excluding hydrogens is 300 g/mol. The summed E-state index contributed by atoms with van der Waals surface area (Å²) in [4.78, 5) is 11.8. The first-order chi connectivity index (χ1) is 11.8. The monoisotopic (exact) mass is 324 g/mol. The molecule has 0 unspecified atom stereocenters. The van der Waals surface area contributed by atoms with E-state index in [1.165, 1.54) is 11.1 Å². The largest absolute Gasteiger partial charge is 0.353 e. The van der Waals surface area contributed by atoms with Gasteiger partial charge in [-0.3, -0.25) is 0 Å². The number of likely N-dealkylation sites (N-methyl/N-ethyl adjacent to an activating group) is 1. The summed E-state index contributed by atoms with van der Waals surface area (Å²) in [5.74, 6) is 1.70. The molecule has 0 spiro atoms. The molecule has 0 N–H and O–H groups in total. The van der Waals surface area contributed by atoms with E-state index in [2.05, 4.69) is 56.1 Å². The molecule has 0 atom stereocenters. The molecule has 1 saturated heterocycles. The van der Waals surface area contributed by atoms with Crippen molar-refractivity contribution in [2.24, 2.45) is 0 Å². The minimum absolute atomic E-state index is 0.750. The van der Waals surface area contributed by atoms with Crippen molar-refractivity contribution in [1.29, 1.82) is 0 Å². The van der Waals surface area contributed by atoms with E-state index in [-0.39, 0.29) is 0 Å². The van der Waals surface area contributed by atoms with Gasteiger partial charge in [-0.15, -0.1) is 5.10 Å². The Bertz CT molecular complexity index is 695. The van der Waals surface area contributed by atoms with E-state index in [0.717, 1.165) is 64.0 Å². The maximum absolute atomic E-state index is 4.80. The SMILES string of the molecule is CCN1CCN(c2cnnc(N3CCc4ccccc4C3)n2)CC1. The highest BCUT2D eigenvalue weighted by Gasteiger charge is 2.21. The number of anilines is 2. The first-order valence-corrected chi connectivity index (χ1v) is 8.82. The average Bonchev–Trinajstić information content (AvgIpc) is 2.68. The maximum atomic E-state index is 4.80. The van der Waals surface area contributed by atoms with Gasteiger partial charge in [0, 0.05) is 39.3 Å². The highest BCUT2D eigenvalue weighted by Crippen LogP contribution is 2.23. The van der Waals surface area contributed by atoms with Gasteiger partial charge in [-0.05, 0) is 24.1 Å². The van der Waals surface area contributed by atoms with Gasteiger partial charge >= 0.3 is 0 Å². The minimum Gasteiger partial charge on any atom is -0.353 e. The van der Waals surface area contributed by atoms with Crippen molar-refractivity contribution in [3.05, 3.63) is 41.6 Å². The summed E-state index contributed by atoms with van der Waals surface area (Å²) in [7, 11) is 0. The van der Waals surface area contributed by atoms with Crippen LogP contribution in [0.2, 0.25) is 0 Å². The van der Waals surface area contributed by atoms with Gasteiger partial charge in [0.1, 0.15) is 0 Å². The molecule has 3 heterocycles. The number of hydrogen-bond acceptors (Lipinski definition) is 6. The number of fused-ring (bicyclic) bond motifs is 1. The molecule has 2 aliphatic rings. The summed E-state index contributed by atoms with van der Waals surface area (Å²) in [6.45, 7) is 9.35. The van der Waals surface area contributed by atoms with Gasteiger partial charge in [0.05, 0.1) is 6.20 Å². The maximum Gasteiger partial charge on any atom is 0.247 e. The fraction of sp³-hybridized carbons (Fsp3) is 0.500. The van der Waals surface area contributed by atoms with Crippen LogP contribution in [0.4, 0.5) is 11.8 Å². The fourth-order valence-corrected chi connectivity index (χ4v) is 3.53. The second kappa shape index (κ2) is 6.73. The molecule has 1 fully saturated rings. The summed E-state index contributed by atoms with van der Waals surface area (Å²) >= 11 is 0. The van der Waals surface area contributed by atoms with Crippen LogP contribution < -0.4 is 9.80 Å². The molecular formula is C18H24N6. The number of benzene rings is 1. The number of aromatic nitrogens is 3. The molecule has 2 aromatic rings. The predicted octanol–water partition coefficient (Wildman–Crippen LogP) is 1.58. The van der Waals surface area contributed by atoms with E-state index in [1.807, 2.05) is 0 Å². The van der Waals surface area contributed by atoms with Gasteiger partial charge in [0.2, 0.25) is 5.95 Å². The van der Waals surface area contributed by atoms with Gasteiger partial charge in [0.15, 0.2) is 5.82 Å². The van der Waals surface area contributed by atoms with Crippen molar-refractivity contribution >= 4 is 11.8 Å². The molecule has 0 radical (unpaired) electrons. The molecule has 0 aliphatic carbocycles. The Morgan fingerprint density at radius 1 is 0.958 bits per heavy atom. The lowest BCUT2D eigenvalue weighted by Gasteiger charge is -2.35. The van der Waals surface area contributed by atoms with E-state index in [0.29, 0.717) is 0 Å². The van der Waals surface area contributed by atoms with Crippen LogP contribution in [0.15, 0.2) is 30.5 Å². The van der Waals surface area contributed by atoms with Gasteiger partial charge in [-0.2, -0.15) is 10.1 Å². The molecule has 24 heavy (non-hydrogen) atoms. The van der Waals surface area contributed by atoms with Crippen molar-refractivity contribution in [3.8, 4) is 0 Å². The third-order valence-corrected chi connectivity index (χ3v) is 5.09. The van der Waals surface area contributed by atoms with Gasteiger partial charge in [-0.1, -0.05) is 31.2 Å². The van der Waals surface area contributed by atoms with Gasteiger partial charge in [0.25, 0.3) is 0 Å². The van der Waals surface area contributed by atoms with E-state index < -0.39 is 0 Å². The first-order valence-electron chi connectivity index (χ1n) is 8.82. The van der Waals surface area contributed by atoms with Crippen LogP contribution in [0.3, 0.4) is 0 Å². The second-order valence-corrected chi connectivity index (χ2v) is 6.48. The Hall–Kier alpha value is -2.21. The molecule has 0 saturated carbocycles. The van der Waals surface area contributed by atoms with Crippen molar-refractivity contribution in [1.82, 2.24) is 20.1 Å². The van der Waals surface area contributed by atoms with Crippen LogP contribution in [0.1, 0.15) is 18.1 Å². The molecule has 0 bridgehead atoms. The molecule has 2 aliphatic heterocycles. The first kappa shape index (κ1) is 15.3. The fourth-order valence-electron chi connectivity index (χ4n) is 3.53. The van der Waals surface area contributed by atoms with E-state index >= 15 is 0 Å². The number of nitrogens with zero attached hydrogens (tertiary/aromatic N) is 6.